The van der Waals surface area contributed by atoms with Crippen molar-refractivity contribution >= 4 is 11.4 Å². The number of benzene rings is 1. The molecule has 5 heteroatoms. The zero-order chi connectivity index (χ0) is 14.6. The molecule has 0 unspecified atom stereocenters. The standard InChI is InChI=1S/C14H19N3O2/c1-10(2)14(3,4)9-16-12-6-5-11(8-15)13(7-12)17(18)19/h5-7,10,16H,9H2,1-4H3. The van der Waals surface area contributed by atoms with E-state index in [9.17, 15) is 10.1 Å². The van der Waals surface area contributed by atoms with Crippen molar-refractivity contribution in [2.24, 2.45) is 11.3 Å². The number of nitrogens with zero attached hydrogens (tertiary/aromatic N) is 2. The molecule has 0 aliphatic heterocycles. The van der Waals surface area contributed by atoms with E-state index in [2.05, 4.69) is 33.0 Å². The fourth-order valence-corrected chi connectivity index (χ4v) is 1.42. The summed E-state index contributed by atoms with van der Waals surface area (Å²) in [5.74, 6) is 0.494. The molecule has 0 aliphatic rings. The highest BCUT2D eigenvalue weighted by Gasteiger charge is 2.22. The Kier molecular flexibility index (Phi) is 4.49. The topological polar surface area (TPSA) is 79.0 Å². The molecule has 0 aliphatic carbocycles. The first-order chi connectivity index (χ1) is 8.77. The number of anilines is 1. The van der Waals surface area contributed by atoms with Crippen LogP contribution >= 0.6 is 0 Å². The molecular formula is C14H19N3O2. The average molecular weight is 261 g/mol. The van der Waals surface area contributed by atoms with Gasteiger partial charge >= 0.3 is 0 Å². The van der Waals surface area contributed by atoms with Gasteiger partial charge in [0.15, 0.2) is 0 Å². The van der Waals surface area contributed by atoms with Crippen LogP contribution in [0.25, 0.3) is 0 Å². The highest BCUT2D eigenvalue weighted by atomic mass is 16.6. The lowest BCUT2D eigenvalue weighted by molar-refractivity contribution is -0.385. The normalized spacial score (nSPS) is 11.2. The third-order valence-electron chi connectivity index (χ3n) is 3.63. The lowest BCUT2D eigenvalue weighted by Gasteiger charge is -2.29. The molecule has 1 aromatic rings. The van der Waals surface area contributed by atoms with Gasteiger partial charge in [-0.05, 0) is 23.5 Å². The largest absolute Gasteiger partial charge is 0.384 e. The predicted octanol–water partition coefficient (Wildman–Crippen LogP) is 3.56. The number of nitro benzene ring substituents is 1. The van der Waals surface area contributed by atoms with Gasteiger partial charge < -0.3 is 5.32 Å². The first-order valence-electron chi connectivity index (χ1n) is 6.20. The first kappa shape index (κ1) is 15.0. The van der Waals surface area contributed by atoms with Crippen molar-refractivity contribution in [3.05, 3.63) is 33.9 Å². The van der Waals surface area contributed by atoms with Gasteiger partial charge in [0.05, 0.1) is 4.92 Å². The summed E-state index contributed by atoms with van der Waals surface area (Å²) >= 11 is 0. The fraction of sp³-hybridized carbons (Fsp3) is 0.500. The quantitative estimate of drug-likeness (QED) is 0.649. The number of nitriles is 1. The van der Waals surface area contributed by atoms with Gasteiger partial charge in [-0.15, -0.1) is 0 Å². The zero-order valence-electron chi connectivity index (χ0n) is 11.7. The van der Waals surface area contributed by atoms with Gasteiger partial charge in [0.1, 0.15) is 11.6 Å². The first-order valence-corrected chi connectivity index (χ1v) is 6.20. The lowest BCUT2D eigenvalue weighted by Crippen LogP contribution is -2.28. The van der Waals surface area contributed by atoms with Crippen LogP contribution in [0.15, 0.2) is 18.2 Å². The minimum absolute atomic E-state index is 0.0821. The molecule has 1 rings (SSSR count). The summed E-state index contributed by atoms with van der Waals surface area (Å²) in [4.78, 5) is 10.3. The second-order valence-electron chi connectivity index (χ2n) is 5.60. The third-order valence-corrected chi connectivity index (χ3v) is 3.63. The maximum absolute atomic E-state index is 10.9. The van der Waals surface area contributed by atoms with E-state index >= 15 is 0 Å². The van der Waals surface area contributed by atoms with Crippen molar-refractivity contribution in [2.75, 3.05) is 11.9 Å². The molecule has 0 amide bonds. The minimum atomic E-state index is -0.530. The van der Waals surface area contributed by atoms with Gasteiger partial charge in [0, 0.05) is 18.3 Å². The maximum atomic E-state index is 10.9. The van der Waals surface area contributed by atoms with Gasteiger partial charge in [-0.3, -0.25) is 10.1 Å². The molecular weight excluding hydrogens is 242 g/mol. The van der Waals surface area contributed by atoms with E-state index in [1.807, 2.05) is 6.07 Å². The van der Waals surface area contributed by atoms with Crippen LogP contribution in [0.2, 0.25) is 0 Å². The molecule has 1 aromatic carbocycles. The molecule has 1 N–H and O–H groups in total. The predicted molar refractivity (Wildman–Crippen MR) is 74.9 cm³/mol. The van der Waals surface area contributed by atoms with E-state index in [-0.39, 0.29) is 16.7 Å². The summed E-state index contributed by atoms with van der Waals surface area (Å²) in [5.41, 5.74) is 0.677. The molecule has 0 aromatic heterocycles. The van der Waals surface area contributed by atoms with Crippen LogP contribution in [0, 0.1) is 32.8 Å². The molecule has 0 heterocycles. The summed E-state index contributed by atoms with van der Waals surface area (Å²) in [6, 6.07) is 6.41. The zero-order valence-corrected chi connectivity index (χ0v) is 11.7. The summed E-state index contributed by atoms with van der Waals surface area (Å²) in [5, 5.41) is 22.9. The third kappa shape index (κ3) is 3.68. The minimum Gasteiger partial charge on any atom is -0.384 e. The second-order valence-corrected chi connectivity index (χ2v) is 5.60. The Morgan fingerprint density at radius 3 is 2.58 bits per heavy atom. The van der Waals surface area contributed by atoms with E-state index < -0.39 is 4.92 Å². The van der Waals surface area contributed by atoms with Gasteiger partial charge in [0.2, 0.25) is 0 Å². The van der Waals surface area contributed by atoms with Crippen molar-refractivity contribution in [3.8, 4) is 6.07 Å². The Morgan fingerprint density at radius 1 is 1.47 bits per heavy atom. The Labute approximate surface area is 113 Å². The molecule has 0 saturated carbocycles. The van der Waals surface area contributed by atoms with Crippen molar-refractivity contribution in [1.82, 2.24) is 0 Å². The van der Waals surface area contributed by atoms with Crippen molar-refractivity contribution in [1.29, 1.82) is 5.26 Å². The summed E-state index contributed by atoms with van der Waals surface area (Å²) < 4.78 is 0. The molecule has 19 heavy (non-hydrogen) atoms. The van der Waals surface area contributed by atoms with Gasteiger partial charge in [-0.25, -0.2) is 0 Å². The number of hydrogen-bond donors (Lipinski definition) is 1. The average Bonchev–Trinajstić information content (AvgIpc) is 2.35. The Bertz CT molecular complexity index is 516. The lowest BCUT2D eigenvalue weighted by atomic mass is 9.81. The van der Waals surface area contributed by atoms with Crippen LogP contribution in [0.4, 0.5) is 11.4 Å². The second kappa shape index (κ2) is 5.70. The molecule has 0 saturated heterocycles. The SMILES string of the molecule is CC(C)C(C)(C)CNc1ccc(C#N)c([N+](=O)[O-])c1. The van der Waals surface area contributed by atoms with E-state index in [0.29, 0.717) is 18.2 Å². The smallest absolute Gasteiger partial charge is 0.289 e. The molecule has 5 nitrogen and oxygen atoms in total. The van der Waals surface area contributed by atoms with Crippen molar-refractivity contribution in [2.45, 2.75) is 27.7 Å². The van der Waals surface area contributed by atoms with Crippen LogP contribution in [-0.4, -0.2) is 11.5 Å². The highest BCUT2D eigenvalue weighted by Crippen LogP contribution is 2.28. The summed E-state index contributed by atoms with van der Waals surface area (Å²) in [6.07, 6.45) is 0. The van der Waals surface area contributed by atoms with Crippen LogP contribution in [0.5, 0.6) is 0 Å². The molecule has 0 radical (unpaired) electrons. The van der Waals surface area contributed by atoms with Crippen LogP contribution < -0.4 is 5.32 Å². The fourth-order valence-electron chi connectivity index (χ4n) is 1.42. The number of hydrogen-bond acceptors (Lipinski definition) is 4. The van der Waals surface area contributed by atoms with Gasteiger partial charge in [-0.2, -0.15) is 5.26 Å². The van der Waals surface area contributed by atoms with Gasteiger partial charge in [0.25, 0.3) is 5.69 Å². The molecule has 0 bridgehead atoms. The summed E-state index contributed by atoms with van der Waals surface area (Å²) in [6.45, 7) is 9.28. The van der Waals surface area contributed by atoms with Crippen LogP contribution in [-0.2, 0) is 0 Å². The maximum Gasteiger partial charge on any atom is 0.289 e. The Balaban J connectivity index is 2.90. The van der Waals surface area contributed by atoms with E-state index in [0.717, 1.165) is 0 Å². The van der Waals surface area contributed by atoms with Crippen molar-refractivity contribution < 1.29 is 4.92 Å². The number of nitro groups is 1. The number of nitrogens with one attached hydrogen (secondary N) is 1. The number of rotatable bonds is 5. The van der Waals surface area contributed by atoms with Crippen LogP contribution in [0.3, 0.4) is 0 Å². The molecule has 102 valence electrons. The molecule has 0 atom stereocenters. The Morgan fingerprint density at radius 2 is 2.11 bits per heavy atom. The van der Waals surface area contributed by atoms with Crippen molar-refractivity contribution in [3.63, 3.8) is 0 Å². The van der Waals surface area contributed by atoms with E-state index in [4.69, 9.17) is 5.26 Å². The summed E-state index contributed by atoms with van der Waals surface area (Å²) in [7, 11) is 0. The van der Waals surface area contributed by atoms with Gasteiger partial charge in [-0.1, -0.05) is 27.7 Å². The highest BCUT2D eigenvalue weighted by molar-refractivity contribution is 5.59. The molecule has 0 fully saturated rings. The Hall–Kier alpha value is -2.09. The van der Waals surface area contributed by atoms with E-state index in [1.54, 1.807) is 6.07 Å². The van der Waals surface area contributed by atoms with E-state index in [1.165, 1.54) is 12.1 Å². The van der Waals surface area contributed by atoms with Crippen LogP contribution in [0.1, 0.15) is 33.3 Å². The molecule has 0 spiro atoms. The monoisotopic (exact) mass is 261 g/mol.